The molecule has 0 bridgehead atoms. The van der Waals surface area contributed by atoms with E-state index >= 15 is 0 Å². The number of hydrogen-bond donors (Lipinski definition) is 2. The monoisotopic (exact) mass is 221 g/mol. The first kappa shape index (κ1) is 11.2. The molecule has 1 fully saturated rings. The van der Waals surface area contributed by atoms with Crippen LogP contribution in [-0.4, -0.2) is 43.0 Å². The summed E-state index contributed by atoms with van der Waals surface area (Å²) in [7, 11) is 0. The minimum Gasteiger partial charge on any atom is -0.384 e. The molecule has 0 aliphatic carbocycles. The normalized spacial score (nSPS) is 24.2. The first-order chi connectivity index (χ1) is 7.75. The number of rotatable bonds is 3. The van der Waals surface area contributed by atoms with E-state index in [4.69, 9.17) is 0 Å². The summed E-state index contributed by atoms with van der Waals surface area (Å²) >= 11 is 0. The van der Waals surface area contributed by atoms with Gasteiger partial charge in [0, 0.05) is 44.8 Å². The van der Waals surface area contributed by atoms with E-state index in [2.05, 4.69) is 28.9 Å². The van der Waals surface area contributed by atoms with Crippen LogP contribution in [0.1, 0.15) is 13.3 Å². The van der Waals surface area contributed by atoms with Crippen molar-refractivity contribution >= 4 is 5.91 Å². The summed E-state index contributed by atoms with van der Waals surface area (Å²) in [6, 6.07) is 0.442. The van der Waals surface area contributed by atoms with E-state index in [0.29, 0.717) is 6.04 Å². The fraction of sp³-hybridized carbons (Fsp3) is 0.583. The Labute approximate surface area is 96.4 Å². The van der Waals surface area contributed by atoms with Gasteiger partial charge < -0.3 is 15.5 Å². The highest BCUT2D eigenvalue weighted by molar-refractivity contribution is 5.73. The summed E-state index contributed by atoms with van der Waals surface area (Å²) in [5, 5.41) is 6.79. The van der Waals surface area contributed by atoms with Gasteiger partial charge in [0.25, 0.3) is 0 Å². The second kappa shape index (κ2) is 5.16. The lowest BCUT2D eigenvalue weighted by molar-refractivity contribution is -0.127. The van der Waals surface area contributed by atoms with Crippen molar-refractivity contribution in [3.63, 3.8) is 0 Å². The predicted molar refractivity (Wildman–Crippen MR) is 63.9 cm³/mol. The van der Waals surface area contributed by atoms with E-state index in [-0.39, 0.29) is 5.91 Å². The predicted octanol–water partition coefficient (Wildman–Crippen LogP) is 0.240. The molecule has 0 aromatic carbocycles. The zero-order valence-electron chi connectivity index (χ0n) is 9.70. The molecule has 0 aromatic heterocycles. The lowest BCUT2D eigenvalue weighted by atomic mass is 10.2. The Morgan fingerprint density at radius 1 is 1.69 bits per heavy atom. The third-order valence-electron chi connectivity index (χ3n) is 3.10. The van der Waals surface area contributed by atoms with Gasteiger partial charge in [-0.1, -0.05) is 12.2 Å². The molecule has 2 rings (SSSR count). The lowest BCUT2D eigenvalue weighted by Gasteiger charge is -2.17. The molecule has 0 saturated carbocycles. The number of allylic oxidation sites excluding steroid dienone is 2. The van der Waals surface area contributed by atoms with Crippen LogP contribution in [0.4, 0.5) is 0 Å². The summed E-state index contributed by atoms with van der Waals surface area (Å²) in [6.07, 6.45) is 7.32. The fourth-order valence-electron chi connectivity index (χ4n) is 2.09. The first-order valence-corrected chi connectivity index (χ1v) is 5.84. The van der Waals surface area contributed by atoms with E-state index in [1.807, 2.05) is 4.90 Å². The Morgan fingerprint density at radius 2 is 2.56 bits per heavy atom. The van der Waals surface area contributed by atoms with Gasteiger partial charge in [0.2, 0.25) is 5.91 Å². The second-order valence-corrected chi connectivity index (χ2v) is 4.33. The maximum Gasteiger partial charge on any atom is 0.219 e. The molecule has 2 heterocycles. The highest BCUT2D eigenvalue weighted by atomic mass is 16.2. The van der Waals surface area contributed by atoms with Gasteiger partial charge >= 0.3 is 0 Å². The van der Waals surface area contributed by atoms with Crippen LogP contribution in [0, 0.1) is 0 Å². The van der Waals surface area contributed by atoms with Crippen molar-refractivity contribution in [1.82, 2.24) is 15.5 Å². The largest absolute Gasteiger partial charge is 0.384 e. The van der Waals surface area contributed by atoms with Crippen LogP contribution < -0.4 is 10.6 Å². The summed E-state index contributed by atoms with van der Waals surface area (Å²) in [6.45, 7) is 5.15. The molecule has 2 aliphatic rings. The summed E-state index contributed by atoms with van der Waals surface area (Å²) in [4.78, 5) is 13.1. The summed E-state index contributed by atoms with van der Waals surface area (Å²) < 4.78 is 0. The number of hydrogen-bond acceptors (Lipinski definition) is 3. The molecule has 2 N–H and O–H groups in total. The van der Waals surface area contributed by atoms with Crippen molar-refractivity contribution in [2.24, 2.45) is 0 Å². The van der Waals surface area contributed by atoms with Crippen molar-refractivity contribution in [2.45, 2.75) is 19.4 Å². The molecule has 88 valence electrons. The average molecular weight is 221 g/mol. The molecule has 0 spiro atoms. The van der Waals surface area contributed by atoms with E-state index < -0.39 is 0 Å². The smallest absolute Gasteiger partial charge is 0.219 e. The van der Waals surface area contributed by atoms with Gasteiger partial charge in [-0.25, -0.2) is 0 Å². The van der Waals surface area contributed by atoms with Crippen molar-refractivity contribution in [1.29, 1.82) is 0 Å². The number of carbonyl (C=O) groups is 1. The SMILES string of the molecule is CC(=O)N1CCC(NCC2=CC=CCN2)C1. The molecule has 4 nitrogen and oxygen atoms in total. The molecule has 1 saturated heterocycles. The highest BCUT2D eigenvalue weighted by Crippen LogP contribution is 2.09. The van der Waals surface area contributed by atoms with Crippen LogP contribution in [0.15, 0.2) is 23.9 Å². The molecule has 1 unspecified atom stereocenters. The third-order valence-corrected chi connectivity index (χ3v) is 3.10. The maximum absolute atomic E-state index is 11.2. The second-order valence-electron chi connectivity index (χ2n) is 4.33. The van der Waals surface area contributed by atoms with Gasteiger partial charge in [0.15, 0.2) is 0 Å². The minimum atomic E-state index is 0.183. The van der Waals surface area contributed by atoms with Gasteiger partial charge in [-0.15, -0.1) is 0 Å². The Morgan fingerprint density at radius 3 is 3.19 bits per heavy atom. The summed E-state index contributed by atoms with van der Waals surface area (Å²) in [5.74, 6) is 0.183. The zero-order valence-corrected chi connectivity index (χ0v) is 9.70. The Hall–Kier alpha value is -1.29. The van der Waals surface area contributed by atoms with Gasteiger partial charge in [0.1, 0.15) is 0 Å². The van der Waals surface area contributed by atoms with Crippen LogP contribution in [0.2, 0.25) is 0 Å². The number of dihydropyridines is 1. The van der Waals surface area contributed by atoms with Crippen molar-refractivity contribution < 1.29 is 4.79 Å². The Balaban J connectivity index is 1.73. The van der Waals surface area contributed by atoms with Crippen LogP contribution in [-0.2, 0) is 4.79 Å². The third kappa shape index (κ3) is 2.85. The number of nitrogens with zero attached hydrogens (tertiary/aromatic N) is 1. The van der Waals surface area contributed by atoms with E-state index in [1.165, 1.54) is 5.70 Å². The molecule has 0 radical (unpaired) electrons. The van der Waals surface area contributed by atoms with Crippen LogP contribution in [0.3, 0.4) is 0 Å². The van der Waals surface area contributed by atoms with E-state index in [9.17, 15) is 4.79 Å². The van der Waals surface area contributed by atoms with E-state index in [0.717, 1.165) is 32.6 Å². The maximum atomic E-state index is 11.2. The number of likely N-dealkylation sites (tertiary alicyclic amines) is 1. The van der Waals surface area contributed by atoms with Gasteiger partial charge in [-0.2, -0.15) is 0 Å². The number of carbonyl (C=O) groups excluding carboxylic acids is 1. The van der Waals surface area contributed by atoms with Crippen molar-refractivity contribution in [2.75, 3.05) is 26.2 Å². The number of amides is 1. The summed E-state index contributed by atoms with van der Waals surface area (Å²) in [5.41, 5.74) is 1.23. The first-order valence-electron chi connectivity index (χ1n) is 5.84. The quantitative estimate of drug-likeness (QED) is 0.717. The topological polar surface area (TPSA) is 44.4 Å². The van der Waals surface area contributed by atoms with E-state index in [1.54, 1.807) is 6.92 Å². The number of nitrogens with one attached hydrogen (secondary N) is 2. The Bertz CT molecular complexity index is 322. The zero-order chi connectivity index (χ0) is 11.4. The molecular formula is C12H19N3O. The van der Waals surface area contributed by atoms with Crippen molar-refractivity contribution in [3.05, 3.63) is 23.9 Å². The molecule has 16 heavy (non-hydrogen) atoms. The van der Waals surface area contributed by atoms with Crippen LogP contribution in [0.25, 0.3) is 0 Å². The average Bonchev–Trinajstić information content (AvgIpc) is 2.76. The van der Waals surface area contributed by atoms with Crippen LogP contribution >= 0.6 is 0 Å². The standard InChI is InChI=1S/C12H19N3O/c1-10(16)15-7-5-12(9-15)14-8-11-4-2-3-6-13-11/h2-4,12-14H,5-9H2,1H3. The highest BCUT2D eigenvalue weighted by Gasteiger charge is 2.23. The fourth-order valence-corrected chi connectivity index (χ4v) is 2.09. The van der Waals surface area contributed by atoms with Gasteiger partial charge in [-0.3, -0.25) is 4.79 Å². The van der Waals surface area contributed by atoms with Gasteiger partial charge in [-0.05, 0) is 12.5 Å². The molecule has 1 amide bonds. The lowest BCUT2D eigenvalue weighted by Crippen LogP contribution is -2.37. The molecule has 1 atom stereocenters. The molecule has 0 aromatic rings. The van der Waals surface area contributed by atoms with Crippen LogP contribution in [0.5, 0.6) is 0 Å². The Kier molecular flexibility index (Phi) is 3.62. The van der Waals surface area contributed by atoms with Crippen molar-refractivity contribution in [3.8, 4) is 0 Å². The molecular weight excluding hydrogens is 202 g/mol. The minimum absolute atomic E-state index is 0.183. The molecule has 2 aliphatic heterocycles. The van der Waals surface area contributed by atoms with Gasteiger partial charge in [0.05, 0.1) is 0 Å². The molecule has 4 heteroatoms.